The Balaban J connectivity index is 0.000000202. The molecule has 3 aliphatic rings. The lowest BCUT2D eigenvalue weighted by molar-refractivity contribution is -0.135. The molecule has 11 nitrogen and oxygen atoms in total. The molecule has 2 atom stereocenters. The first-order valence-corrected chi connectivity index (χ1v) is 20.8. The van der Waals surface area contributed by atoms with Gasteiger partial charge >= 0.3 is 0 Å². The van der Waals surface area contributed by atoms with Gasteiger partial charge < -0.3 is 24.5 Å². The number of pyridine rings is 2. The van der Waals surface area contributed by atoms with Crippen molar-refractivity contribution in [3.05, 3.63) is 78.0 Å². The zero-order valence-electron chi connectivity index (χ0n) is 34.7. The second kappa shape index (κ2) is 23.0. The summed E-state index contributed by atoms with van der Waals surface area (Å²) in [5, 5.41) is 7.58. The number of nitrogens with one attached hydrogen (secondary N) is 2. The summed E-state index contributed by atoms with van der Waals surface area (Å²) >= 11 is 0. The van der Waals surface area contributed by atoms with E-state index >= 15 is 0 Å². The van der Waals surface area contributed by atoms with E-state index in [-0.39, 0.29) is 35.3 Å². The van der Waals surface area contributed by atoms with Crippen molar-refractivity contribution >= 4 is 60.7 Å². The summed E-state index contributed by atoms with van der Waals surface area (Å²) in [4.78, 5) is 52.7. The minimum atomic E-state index is -0.310. The van der Waals surface area contributed by atoms with Gasteiger partial charge in [-0.05, 0) is 138 Å². The van der Waals surface area contributed by atoms with E-state index in [0.29, 0.717) is 35.8 Å². The van der Waals surface area contributed by atoms with Crippen molar-refractivity contribution in [2.75, 3.05) is 32.1 Å². The van der Waals surface area contributed by atoms with Gasteiger partial charge in [0.1, 0.15) is 29.4 Å². The molecular weight excluding hydrogens is 756 g/mol. The van der Waals surface area contributed by atoms with Crippen LogP contribution in [0.2, 0.25) is 0 Å². The minimum Gasteiger partial charge on any atom is -0.494 e. The average molecular weight is 816 g/mol. The van der Waals surface area contributed by atoms with Crippen molar-refractivity contribution in [2.24, 2.45) is 17.8 Å². The first-order valence-electron chi connectivity index (χ1n) is 20.2. The Hall–Kier alpha value is -4.80. The molecule has 3 fully saturated rings. The Kier molecular flexibility index (Phi) is 18.2. The molecule has 2 saturated heterocycles. The molecule has 2 N–H and O–H groups in total. The molecule has 2 unspecified atom stereocenters. The molecule has 1 aliphatic carbocycles. The third kappa shape index (κ3) is 13.9. The largest absolute Gasteiger partial charge is 0.494 e. The Morgan fingerprint density at radius 1 is 1.07 bits per heavy atom. The first kappa shape index (κ1) is 45.9. The van der Waals surface area contributed by atoms with E-state index in [1.54, 1.807) is 18.5 Å². The van der Waals surface area contributed by atoms with Crippen molar-refractivity contribution in [1.82, 2.24) is 20.2 Å². The number of Topliss-reactive ketones (excluding diaryl/α,β-unsaturated/α-hetero) is 1. The van der Waals surface area contributed by atoms with Gasteiger partial charge in [0.25, 0.3) is 0 Å². The van der Waals surface area contributed by atoms with Crippen LogP contribution in [-0.4, -0.2) is 71.6 Å². The number of halogens is 1. The van der Waals surface area contributed by atoms with Crippen molar-refractivity contribution < 1.29 is 33.0 Å². The number of aryl methyl sites for hydroxylation is 1. The number of aldehydes is 1. The number of nitrogens with zero attached hydrogens (tertiary/aromatic N) is 3. The number of aromatic nitrogens is 2. The van der Waals surface area contributed by atoms with Gasteiger partial charge in [-0.3, -0.25) is 24.7 Å². The lowest BCUT2D eigenvalue weighted by Gasteiger charge is -2.28. The highest BCUT2D eigenvalue weighted by molar-refractivity contribution is 7.28. The normalized spacial score (nSPS) is 16.9. The van der Waals surface area contributed by atoms with Gasteiger partial charge in [-0.2, -0.15) is 0 Å². The second-order valence-corrected chi connectivity index (χ2v) is 16.0. The summed E-state index contributed by atoms with van der Waals surface area (Å²) in [7, 11) is 4.85. The maximum atomic E-state index is 14.2. The average Bonchev–Trinajstić information content (AvgIpc) is 3.17. The molecule has 58 heavy (non-hydrogen) atoms. The van der Waals surface area contributed by atoms with Crippen LogP contribution in [0, 0.1) is 30.5 Å². The minimum absolute atomic E-state index is 0.0164. The lowest BCUT2D eigenvalue weighted by atomic mass is 9.94. The summed E-state index contributed by atoms with van der Waals surface area (Å²) in [6, 6.07) is 12.8. The zero-order chi connectivity index (χ0) is 42.2. The number of benzene rings is 2. The van der Waals surface area contributed by atoms with Gasteiger partial charge in [-0.15, -0.1) is 0 Å². The van der Waals surface area contributed by atoms with E-state index in [1.807, 2.05) is 58.0 Å². The number of carbonyl (C=O) groups is 4. The van der Waals surface area contributed by atoms with Crippen LogP contribution in [0.25, 0.3) is 10.8 Å². The number of likely N-dealkylation sites (tertiary alicyclic amines) is 1. The third-order valence-corrected chi connectivity index (χ3v) is 11.0. The number of hydrogen-bond donors (Lipinski definition) is 2. The van der Waals surface area contributed by atoms with Gasteiger partial charge in [0, 0.05) is 53.5 Å². The van der Waals surface area contributed by atoms with Gasteiger partial charge in [0.05, 0.1) is 18.0 Å². The molecule has 2 aromatic heterocycles. The molecule has 4 aromatic rings. The Bertz CT molecular complexity index is 2000. The molecule has 1 saturated carbocycles. The van der Waals surface area contributed by atoms with Crippen LogP contribution in [0.3, 0.4) is 0 Å². The number of ketones is 1. The fourth-order valence-corrected chi connectivity index (χ4v) is 6.81. The fourth-order valence-electron chi connectivity index (χ4n) is 6.50. The molecular formula is C45H59FN5O6P. The number of carbonyl (C=O) groups excluding carboxylic acids is 4. The Morgan fingerprint density at radius 3 is 2.41 bits per heavy atom. The number of rotatable bonds is 10. The summed E-state index contributed by atoms with van der Waals surface area (Å²) in [6.45, 7) is 12.3. The number of hydrogen-bond acceptors (Lipinski definition) is 10. The van der Waals surface area contributed by atoms with Gasteiger partial charge in [-0.25, -0.2) is 9.37 Å². The molecule has 0 radical (unpaired) electrons. The molecule has 0 bridgehead atoms. The zero-order valence-corrected chi connectivity index (χ0v) is 35.8. The van der Waals surface area contributed by atoms with E-state index in [0.717, 1.165) is 71.4 Å². The van der Waals surface area contributed by atoms with Crippen LogP contribution in [0.4, 0.5) is 15.9 Å². The number of imide groups is 1. The number of piperidine rings is 2. The van der Waals surface area contributed by atoms with Crippen LogP contribution >= 0.6 is 9.24 Å². The predicted molar refractivity (Wildman–Crippen MR) is 231 cm³/mol. The summed E-state index contributed by atoms with van der Waals surface area (Å²) < 4.78 is 26.1. The smallest absolute Gasteiger partial charge is 0.229 e. The van der Waals surface area contributed by atoms with E-state index in [1.165, 1.54) is 51.5 Å². The van der Waals surface area contributed by atoms with Crippen LogP contribution in [0.15, 0.2) is 61.1 Å². The molecule has 2 aromatic carbocycles. The molecule has 7 rings (SSSR count). The molecule has 312 valence electrons. The van der Waals surface area contributed by atoms with Gasteiger partial charge in [0.2, 0.25) is 11.8 Å². The molecule has 13 heteroatoms. The first-order chi connectivity index (χ1) is 27.8. The number of amides is 2. The Morgan fingerprint density at radius 2 is 1.79 bits per heavy atom. The summed E-state index contributed by atoms with van der Waals surface area (Å²) in [6.07, 6.45) is 14.2. The van der Waals surface area contributed by atoms with Gasteiger partial charge in [0.15, 0.2) is 5.78 Å². The number of anilines is 2. The monoisotopic (exact) mass is 815 g/mol. The lowest BCUT2D eigenvalue weighted by Crippen LogP contribution is -2.39. The highest BCUT2D eigenvalue weighted by Crippen LogP contribution is 2.29. The van der Waals surface area contributed by atoms with Crippen LogP contribution in [0.1, 0.15) is 95.0 Å². The van der Waals surface area contributed by atoms with E-state index in [2.05, 4.69) is 41.8 Å². The molecule has 2 aliphatic heterocycles. The number of ether oxygens (including phenoxy) is 2. The van der Waals surface area contributed by atoms with Crippen molar-refractivity contribution in [3.8, 4) is 11.5 Å². The van der Waals surface area contributed by atoms with Crippen molar-refractivity contribution in [1.29, 1.82) is 0 Å². The molecule has 0 spiro atoms. The maximum absolute atomic E-state index is 14.2. The highest BCUT2D eigenvalue weighted by atomic mass is 31.0. The van der Waals surface area contributed by atoms with Crippen LogP contribution < -0.4 is 25.4 Å². The number of fused-ring (bicyclic) bond motifs is 1. The summed E-state index contributed by atoms with van der Waals surface area (Å²) in [5.41, 5.74) is 2.47. The fraction of sp³-hybridized carbons (Fsp3) is 0.467. The summed E-state index contributed by atoms with van der Waals surface area (Å²) in [5.74, 6) is 2.79. The third-order valence-electron chi connectivity index (χ3n) is 10.4. The van der Waals surface area contributed by atoms with E-state index in [9.17, 15) is 18.8 Å². The maximum Gasteiger partial charge on any atom is 0.229 e. The predicted octanol–water partition coefficient (Wildman–Crippen LogP) is 8.15. The second-order valence-electron chi connectivity index (χ2n) is 15.4. The van der Waals surface area contributed by atoms with Crippen LogP contribution in [-0.2, 0) is 14.4 Å². The van der Waals surface area contributed by atoms with E-state index in [4.69, 9.17) is 14.3 Å². The van der Waals surface area contributed by atoms with Crippen LogP contribution in [0.5, 0.6) is 11.5 Å². The molecule has 2 amide bonds. The topological polar surface area (TPSA) is 140 Å². The van der Waals surface area contributed by atoms with E-state index < -0.39 is 0 Å². The highest BCUT2D eigenvalue weighted by Gasteiger charge is 2.22. The Labute approximate surface area is 344 Å². The van der Waals surface area contributed by atoms with Gasteiger partial charge in [-0.1, -0.05) is 30.0 Å². The van der Waals surface area contributed by atoms with Crippen molar-refractivity contribution in [3.63, 3.8) is 0 Å². The quantitative estimate of drug-likeness (QED) is 0.0698. The van der Waals surface area contributed by atoms with Crippen molar-refractivity contribution in [2.45, 2.75) is 92.1 Å². The molecule has 4 heterocycles. The SMILES string of the molecule is CC1CCC(=O)NC1=O.CC=O.Cc1cc(OCCC2CCN(C)CC2)ccc1C(=O)C(C)C.Fc1cc(Nc2nccc(OC3CCC3)c2P)cc2ccncc12. The standard InChI is InChI=1S/C19H29NO2.C18H17FN3OP.C6H9NO2.C2H4O/c1-14(2)19(21)18-6-5-17(13-15(18)3)22-12-9-16-7-10-20(4)11-8-16;19-15-9-12(8-11-4-6-20-10-14(11)15)22-18-17(24)16(5-7-21-18)23-13-2-1-3-13;1-4-2-3-5(8)7-6(4)9;1-2-3/h5-6,13-14,16H,7-12H2,1-4H3;4-10,13H,1-3,24H2,(H,21,22);4H,2-3H2,1H3,(H,7,8,9);2H,1H3.